The topological polar surface area (TPSA) is 32.3 Å². The molecule has 1 saturated heterocycles. The van der Waals surface area contributed by atoms with E-state index in [2.05, 4.69) is 24.1 Å². The molecule has 0 bridgehead atoms. The van der Waals surface area contributed by atoms with Gasteiger partial charge in [0.2, 0.25) is 5.91 Å². The Kier molecular flexibility index (Phi) is 4.08. The summed E-state index contributed by atoms with van der Waals surface area (Å²) < 4.78 is 0. The lowest BCUT2D eigenvalue weighted by Gasteiger charge is -2.38. The Morgan fingerprint density at radius 2 is 2.00 bits per heavy atom. The molecule has 2 rings (SSSR count). The number of hydrogen-bond donors (Lipinski definition) is 1. The first-order chi connectivity index (χ1) is 8.17. The Balaban J connectivity index is 2.03. The van der Waals surface area contributed by atoms with Gasteiger partial charge in [0.15, 0.2) is 0 Å². The van der Waals surface area contributed by atoms with Gasteiger partial charge in [0.05, 0.1) is 5.54 Å². The molecule has 1 atom stereocenters. The monoisotopic (exact) mass is 238 g/mol. The minimum absolute atomic E-state index is 0.284. The van der Waals surface area contributed by atoms with Crippen molar-refractivity contribution in [2.45, 2.75) is 70.4 Å². The third-order valence-electron chi connectivity index (χ3n) is 4.46. The summed E-state index contributed by atoms with van der Waals surface area (Å²) in [6, 6.07) is 0.500. The fraction of sp³-hybridized carbons (Fsp3) is 0.929. The first-order valence-corrected chi connectivity index (χ1v) is 7.23. The lowest BCUT2D eigenvalue weighted by molar-refractivity contribution is -0.140. The van der Waals surface area contributed by atoms with Gasteiger partial charge in [-0.25, -0.2) is 0 Å². The molecule has 2 fully saturated rings. The van der Waals surface area contributed by atoms with Gasteiger partial charge in [-0.15, -0.1) is 0 Å². The normalized spacial score (nSPS) is 30.5. The van der Waals surface area contributed by atoms with Crippen LogP contribution in [0.15, 0.2) is 0 Å². The number of rotatable bonds is 3. The molecule has 17 heavy (non-hydrogen) atoms. The lowest BCUT2D eigenvalue weighted by Crippen LogP contribution is -2.55. The third kappa shape index (κ3) is 2.65. The van der Waals surface area contributed by atoms with E-state index in [1.54, 1.807) is 0 Å². The quantitative estimate of drug-likeness (QED) is 0.818. The average molecular weight is 238 g/mol. The van der Waals surface area contributed by atoms with Crippen LogP contribution < -0.4 is 5.32 Å². The van der Waals surface area contributed by atoms with Gasteiger partial charge in [0.1, 0.15) is 0 Å². The fourth-order valence-corrected chi connectivity index (χ4v) is 3.35. The van der Waals surface area contributed by atoms with Crippen LogP contribution in [0.1, 0.15) is 58.8 Å². The number of nitrogens with zero attached hydrogens (tertiary/aromatic N) is 1. The van der Waals surface area contributed by atoms with Crippen molar-refractivity contribution in [3.8, 4) is 0 Å². The van der Waals surface area contributed by atoms with E-state index in [1.807, 2.05) is 0 Å². The highest BCUT2D eigenvalue weighted by Crippen LogP contribution is 2.27. The number of likely N-dealkylation sites (N-methyl/N-ethyl adjacent to an activating group) is 1. The van der Waals surface area contributed by atoms with Crippen molar-refractivity contribution in [2.75, 3.05) is 13.1 Å². The summed E-state index contributed by atoms with van der Waals surface area (Å²) in [5.41, 5.74) is -0.284. The van der Waals surface area contributed by atoms with Crippen molar-refractivity contribution in [3.05, 3.63) is 0 Å². The number of hydrogen-bond acceptors (Lipinski definition) is 2. The molecule has 98 valence electrons. The molecule has 1 aliphatic carbocycles. The van der Waals surface area contributed by atoms with E-state index in [0.717, 1.165) is 25.9 Å². The van der Waals surface area contributed by atoms with Gasteiger partial charge in [0, 0.05) is 12.6 Å². The predicted molar refractivity (Wildman–Crippen MR) is 69.9 cm³/mol. The molecular formula is C14H26N2O. The van der Waals surface area contributed by atoms with Gasteiger partial charge in [0.25, 0.3) is 0 Å². The molecule has 0 radical (unpaired) electrons. The van der Waals surface area contributed by atoms with Gasteiger partial charge in [-0.1, -0.05) is 19.3 Å². The molecule has 0 aromatic heterocycles. The number of nitrogens with one attached hydrogen (secondary N) is 1. The van der Waals surface area contributed by atoms with Crippen LogP contribution in [0, 0.1) is 0 Å². The van der Waals surface area contributed by atoms with Crippen LogP contribution in [-0.4, -0.2) is 35.5 Å². The first-order valence-electron chi connectivity index (χ1n) is 7.23. The minimum Gasteiger partial charge on any atom is -0.338 e. The largest absolute Gasteiger partial charge is 0.338 e. The van der Waals surface area contributed by atoms with E-state index in [4.69, 9.17) is 0 Å². The predicted octanol–water partition coefficient (Wildman–Crippen LogP) is 2.31. The molecule has 3 nitrogen and oxygen atoms in total. The van der Waals surface area contributed by atoms with Crippen molar-refractivity contribution in [3.63, 3.8) is 0 Å². The minimum atomic E-state index is -0.284. The van der Waals surface area contributed by atoms with E-state index in [0.29, 0.717) is 11.9 Å². The van der Waals surface area contributed by atoms with Crippen LogP contribution in [0.5, 0.6) is 0 Å². The van der Waals surface area contributed by atoms with Crippen LogP contribution in [0.3, 0.4) is 0 Å². The molecule has 1 heterocycles. The molecule has 0 aromatic carbocycles. The first kappa shape index (κ1) is 12.9. The molecule has 0 aromatic rings. The summed E-state index contributed by atoms with van der Waals surface area (Å²) in [6.07, 6.45) is 8.46. The van der Waals surface area contributed by atoms with Gasteiger partial charge in [-0.3, -0.25) is 4.79 Å². The average Bonchev–Trinajstić information content (AvgIpc) is 2.80. The van der Waals surface area contributed by atoms with Crippen molar-refractivity contribution < 1.29 is 4.79 Å². The molecule has 0 spiro atoms. The lowest BCUT2D eigenvalue weighted by atomic mass is 9.91. The molecule has 1 N–H and O–H groups in total. The van der Waals surface area contributed by atoms with Crippen molar-refractivity contribution in [2.24, 2.45) is 0 Å². The van der Waals surface area contributed by atoms with E-state index in [-0.39, 0.29) is 5.54 Å². The molecular weight excluding hydrogens is 212 g/mol. The van der Waals surface area contributed by atoms with E-state index in [9.17, 15) is 4.79 Å². The highest BCUT2D eigenvalue weighted by Gasteiger charge is 2.40. The summed E-state index contributed by atoms with van der Waals surface area (Å²) >= 11 is 0. The van der Waals surface area contributed by atoms with Crippen LogP contribution in [0.4, 0.5) is 0 Å². The SMILES string of the molecule is CCN(C(=O)C1(C)CCCN1)C1CCCCC1. The van der Waals surface area contributed by atoms with E-state index < -0.39 is 0 Å². The van der Waals surface area contributed by atoms with Crippen LogP contribution >= 0.6 is 0 Å². The smallest absolute Gasteiger partial charge is 0.242 e. The third-order valence-corrected chi connectivity index (χ3v) is 4.46. The summed E-state index contributed by atoms with van der Waals surface area (Å²) in [6.45, 7) is 6.05. The summed E-state index contributed by atoms with van der Waals surface area (Å²) in [4.78, 5) is 14.8. The second kappa shape index (κ2) is 5.38. The second-order valence-electron chi connectivity index (χ2n) is 5.75. The zero-order chi connectivity index (χ0) is 12.3. The zero-order valence-electron chi connectivity index (χ0n) is 11.3. The summed E-state index contributed by atoms with van der Waals surface area (Å²) in [5, 5.41) is 3.40. The standard InChI is InChI=1S/C14H26N2O/c1-3-16(12-8-5-4-6-9-12)13(17)14(2)10-7-11-15-14/h12,15H,3-11H2,1-2H3. The number of carbonyl (C=O) groups excluding carboxylic acids is 1. The summed E-state index contributed by atoms with van der Waals surface area (Å²) in [5.74, 6) is 0.337. The van der Waals surface area contributed by atoms with Crippen molar-refractivity contribution in [1.29, 1.82) is 0 Å². The maximum absolute atomic E-state index is 12.7. The van der Waals surface area contributed by atoms with Crippen molar-refractivity contribution in [1.82, 2.24) is 10.2 Å². The van der Waals surface area contributed by atoms with Crippen LogP contribution in [0.25, 0.3) is 0 Å². The highest BCUT2D eigenvalue weighted by molar-refractivity contribution is 5.86. The van der Waals surface area contributed by atoms with Gasteiger partial charge in [-0.2, -0.15) is 0 Å². The second-order valence-corrected chi connectivity index (χ2v) is 5.75. The maximum Gasteiger partial charge on any atom is 0.242 e. The van der Waals surface area contributed by atoms with Gasteiger partial charge >= 0.3 is 0 Å². The Morgan fingerprint density at radius 1 is 1.29 bits per heavy atom. The Morgan fingerprint density at radius 3 is 2.53 bits per heavy atom. The maximum atomic E-state index is 12.7. The van der Waals surface area contributed by atoms with Crippen LogP contribution in [-0.2, 0) is 4.79 Å². The highest BCUT2D eigenvalue weighted by atomic mass is 16.2. The molecule has 1 saturated carbocycles. The van der Waals surface area contributed by atoms with Gasteiger partial charge in [-0.05, 0) is 46.1 Å². The molecule has 2 aliphatic rings. The van der Waals surface area contributed by atoms with Crippen molar-refractivity contribution >= 4 is 5.91 Å². The Bertz CT molecular complexity index is 265. The van der Waals surface area contributed by atoms with E-state index >= 15 is 0 Å². The number of carbonyl (C=O) groups is 1. The number of amides is 1. The van der Waals surface area contributed by atoms with E-state index in [1.165, 1.54) is 32.1 Å². The van der Waals surface area contributed by atoms with Crippen LogP contribution in [0.2, 0.25) is 0 Å². The Hall–Kier alpha value is -0.570. The molecule has 1 amide bonds. The fourth-order valence-electron chi connectivity index (χ4n) is 3.35. The molecule has 1 aliphatic heterocycles. The Labute approximate surface area is 105 Å². The zero-order valence-corrected chi connectivity index (χ0v) is 11.3. The molecule has 3 heteroatoms. The molecule has 1 unspecified atom stereocenters. The van der Waals surface area contributed by atoms with Gasteiger partial charge < -0.3 is 10.2 Å². The summed E-state index contributed by atoms with van der Waals surface area (Å²) in [7, 11) is 0.